The third-order valence-electron chi connectivity index (χ3n) is 3.20. The molecule has 21 heavy (non-hydrogen) atoms. The van der Waals surface area contributed by atoms with Crippen molar-refractivity contribution in [2.75, 3.05) is 20.3 Å². The second-order valence-electron chi connectivity index (χ2n) is 4.80. The third-order valence-corrected chi connectivity index (χ3v) is 3.20. The summed E-state index contributed by atoms with van der Waals surface area (Å²) >= 11 is 0. The predicted octanol–water partition coefficient (Wildman–Crippen LogP) is 1.63. The van der Waals surface area contributed by atoms with Crippen molar-refractivity contribution in [3.63, 3.8) is 0 Å². The Morgan fingerprint density at radius 1 is 1.33 bits per heavy atom. The van der Waals surface area contributed by atoms with Gasteiger partial charge < -0.3 is 14.6 Å². The first-order valence-electron chi connectivity index (χ1n) is 7.09. The van der Waals surface area contributed by atoms with Gasteiger partial charge in [-0.05, 0) is 5.56 Å². The number of amides is 1. The quantitative estimate of drug-likeness (QED) is 0.803. The van der Waals surface area contributed by atoms with Crippen molar-refractivity contribution in [1.29, 1.82) is 0 Å². The molecular formula is C16H21N3O2. The van der Waals surface area contributed by atoms with Crippen LogP contribution in [-0.4, -0.2) is 35.7 Å². The minimum atomic E-state index is 0.0121. The zero-order valence-corrected chi connectivity index (χ0v) is 12.3. The maximum atomic E-state index is 11.5. The van der Waals surface area contributed by atoms with E-state index in [0.29, 0.717) is 19.6 Å². The van der Waals surface area contributed by atoms with Gasteiger partial charge in [-0.1, -0.05) is 30.3 Å². The van der Waals surface area contributed by atoms with E-state index in [1.165, 1.54) is 5.56 Å². The van der Waals surface area contributed by atoms with Gasteiger partial charge in [-0.25, -0.2) is 4.98 Å². The summed E-state index contributed by atoms with van der Waals surface area (Å²) in [6.07, 6.45) is 4.88. The van der Waals surface area contributed by atoms with Crippen molar-refractivity contribution in [1.82, 2.24) is 14.9 Å². The van der Waals surface area contributed by atoms with Crippen molar-refractivity contribution in [2.45, 2.75) is 19.4 Å². The molecule has 112 valence electrons. The monoisotopic (exact) mass is 287 g/mol. The highest BCUT2D eigenvalue weighted by molar-refractivity contribution is 5.75. The Morgan fingerprint density at radius 3 is 2.90 bits per heavy atom. The SMILES string of the molecule is COCCC(=O)NCCc1nccn1Cc1ccccc1. The maximum absolute atomic E-state index is 11.5. The normalized spacial score (nSPS) is 10.5. The summed E-state index contributed by atoms with van der Waals surface area (Å²) in [4.78, 5) is 15.8. The minimum Gasteiger partial charge on any atom is -0.384 e. The average Bonchev–Trinajstić information content (AvgIpc) is 2.93. The Balaban J connectivity index is 1.82. The van der Waals surface area contributed by atoms with Crippen LogP contribution in [0, 0.1) is 0 Å². The van der Waals surface area contributed by atoms with Gasteiger partial charge in [0.25, 0.3) is 0 Å². The molecule has 5 heteroatoms. The maximum Gasteiger partial charge on any atom is 0.222 e. The van der Waals surface area contributed by atoms with Gasteiger partial charge >= 0.3 is 0 Å². The van der Waals surface area contributed by atoms with Gasteiger partial charge in [0.15, 0.2) is 0 Å². The van der Waals surface area contributed by atoms with Crippen molar-refractivity contribution >= 4 is 5.91 Å². The van der Waals surface area contributed by atoms with E-state index in [9.17, 15) is 4.79 Å². The molecule has 0 spiro atoms. The molecule has 1 aromatic heterocycles. The Morgan fingerprint density at radius 2 is 2.14 bits per heavy atom. The summed E-state index contributed by atoms with van der Waals surface area (Å²) in [5, 5.41) is 2.87. The molecule has 0 aliphatic heterocycles. The second kappa shape index (κ2) is 8.21. The molecule has 1 amide bonds. The average molecular weight is 287 g/mol. The molecule has 2 aromatic rings. The van der Waals surface area contributed by atoms with Crippen molar-refractivity contribution in [3.05, 3.63) is 54.1 Å². The number of imidazole rings is 1. The highest BCUT2D eigenvalue weighted by atomic mass is 16.5. The van der Waals surface area contributed by atoms with Crippen LogP contribution in [0.1, 0.15) is 17.8 Å². The lowest BCUT2D eigenvalue weighted by Gasteiger charge is -2.09. The molecule has 1 aromatic carbocycles. The van der Waals surface area contributed by atoms with E-state index in [2.05, 4.69) is 27.0 Å². The number of hydrogen-bond acceptors (Lipinski definition) is 3. The number of methoxy groups -OCH3 is 1. The van der Waals surface area contributed by atoms with Crippen LogP contribution < -0.4 is 5.32 Å². The lowest BCUT2D eigenvalue weighted by atomic mass is 10.2. The molecule has 1 heterocycles. The van der Waals surface area contributed by atoms with Gasteiger partial charge in [-0.2, -0.15) is 0 Å². The molecule has 0 unspecified atom stereocenters. The summed E-state index contributed by atoms with van der Waals surface area (Å²) < 4.78 is 6.98. The fraction of sp³-hybridized carbons (Fsp3) is 0.375. The van der Waals surface area contributed by atoms with Crippen LogP contribution in [0.2, 0.25) is 0 Å². The lowest BCUT2D eigenvalue weighted by Crippen LogP contribution is -2.27. The number of benzene rings is 1. The van der Waals surface area contributed by atoms with Crippen LogP contribution >= 0.6 is 0 Å². The zero-order valence-electron chi connectivity index (χ0n) is 12.3. The summed E-state index contributed by atoms with van der Waals surface area (Å²) in [6.45, 7) is 1.84. The van der Waals surface area contributed by atoms with Crippen molar-refractivity contribution in [3.8, 4) is 0 Å². The molecule has 0 fully saturated rings. The number of carbonyl (C=O) groups is 1. The van der Waals surface area contributed by atoms with Gasteiger partial charge in [0.2, 0.25) is 5.91 Å². The fourth-order valence-corrected chi connectivity index (χ4v) is 2.09. The van der Waals surface area contributed by atoms with E-state index in [-0.39, 0.29) is 5.91 Å². The molecule has 0 aliphatic rings. The molecule has 0 saturated carbocycles. The molecule has 1 N–H and O–H groups in total. The van der Waals surface area contributed by atoms with Crippen molar-refractivity contribution < 1.29 is 9.53 Å². The van der Waals surface area contributed by atoms with Crippen LogP contribution in [0.4, 0.5) is 0 Å². The number of carbonyl (C=O) groups excluding carboxylic acids is 1. The van der Waals surface area contributed by atoms with Gasteiger partial charge in [0.1, 0.15) is 5.82 Å². The smallest absolute Gasteiger partial charge is 0.222 e. The first-order chi connectivity index (χ1) is 10.3. The van der Waals surface area contributed by atoms with Crippen LogP contribution in [0.25, 0.3) is 0 Å². The van der Waals surface area contributed by atoms with Crippen LogP contribution in [0.3, 0.4) is 0 Å². The number of hydrogen-bond donors (Lipinski definition) is 1. The number of nitrogens with zero attached hydrogens (tertiary/aromatic N) is 2. The minimum absolute atomic E-state index is 0.0121. The van der Waals surface area contributed by atoms with Gasteiger partial charge in [0, 0.05) is 45.4 Å². The van der Waals surface area contributed by atoms with Crippen LogP contribution in [-0.2, 0) is 22.5 Å². The molecule has 0 bridgehead atoms. The summed E-state index contributed by atoms with van der Waals surface area (Å²) in [7, 11) is 1.59. The number of aromatic nitrogens is 2. The number of ether oxygens (including phenoxy) is 1. The Bertz CT molecular complexity index is 552. The Hall–Kier alpha value is -2.14. The third kappa shape index (κ3) is 5.04. The Kier molecular flexibility index (Phi) is 5.97. The number of nitrogens with one attached hydrogen (secondary N) is 1. The van der Waals surface area contributed by atoms with Crippen molar-refractivity contribution in [2.24, 2.45) is 0 Å². The molecule has 0 saturated heterocycles. The summed E-state index contributed by atoms with van der Waals surface area (Å²) in [5.74, 6) is 0.990. The van der Waals surface area contributed by atoms with E-state index >= 15 is 0 Å². The molecule has 2 rings (SSSR count). The highest BCUT2D eigenvalue weighted by Gasteiger charge is 2.05. The predicted molar refractivity (Wildman–Crippen MR) is 81.0 cm³/mol. The molecule has 5 nitrogen and oxygen atoms in total. The standard InChI is InChI=1S/C16H21N3O2/c1-21-12-8-16(20)18-9-7-15-17-10-11-19(15)13-14-5-3-2-4-6-14/h2-6,10-11H,7-9,12-13H2,1H3,(H,18,20). The number of rotatable bonds is 8. The van der Waals surface area contributed by atoms with E-state index in [0.717, 1.165) is 18.8 Å². The molecule has 0 aliphatic carbocycles. The Labute approximate surface area is 125 Å². The van der Waals surface area contributed by atoms with E-state index < -0.39 is 0 Å². The second-order valence-corrected chi connectivity index (χ2v) is 4.80. The molecular weight excluding hydrogens is 266 g/mol. The lowest BCUT2D eigenvalue weighted by molar-refractivity contribution is -0.121. The summed E-state index contributed by atoms with van der Waals surface area (Å²) in [5.41, 5.74) is 1.24. The largest absolute Gasteiger partial charge is 0.384 e. The summed E-state index contributed by atoms with van der Waals surface area (Å²) in [6, 6.07) is 10.3. The van der Waals surface area contributed by atoms with Crippen LogP contribution in [0.5, 0.6) is 0 Å². The fourth-order valence-electron chi connectivity index (χ4n) is 2.09. The van der Waals surface area contributed by atoms with Gasteiger partial charge in [0.05, 0.1) is 6.61 Å². The van der Waals surface area contributed by atoms with Crippen LogP contribution in [0.15, 0.2) is 42.7 Å². The zero-order chi connectivity index (χ0) is 14.9. The first kappa shape index (κ1) is 15.3. The first-order valence-corrected chi connectivity index (χ1v) is 7.09. The van der Waals surface area contributed by atoms with Gasteiger partial charge in [-0.15, -0.1) is 0 Å². The van der Waals surface area contributed by atoms with E-state index in [4.69, 9.17) is 4.74 Å². The van der Waals surface area contributed by atoms with E-state index in [1.807, 2.05) is 24.4 Å². The molecule has 0 radical (unpaired) electrons. The van der Waals surface area contributed by atoms with Gasteiger partial charge in [-0.3, -0.25) is 4.79 Å². The molecule has 0 atom stereocenters. The van der Waals surface area contributed by atoms with E-state index in [1.54, 1.807) is 13.3 Å². The highest BCUT2D eigenvalue weighted by Crippen LogP contribution is 2.05. The topological polar surface area (TPSA) is 56.1 Å².